The Morgan fingerprint density at radius 2 is 2.15 bits per heavy atom. The van der Waals surface area contributed by atoms with E-state index in [1.54, 1.807) is 0 Å². The number of nitrogens with zero attached hydrogens (tertiary/aromatic N) is 3. The second kappa shape index (κ2) is 4.07. The highest BCUT2D eigenvalue weighted by molar-refractivity contribution is 5.77. The fourth-order valence-electron chi connectivity index (χ4n) is 3.08. The van der Waals surface area contributed by atoms with E-state index in [0.29, 0.717) is 11.9 Å². The molecule has 0 saturated carbocycles. The lowest BCUT2D eigenvalue weighted by Gasteiger charge is -2.30. The molecule has 0 fully saturated rings. The topological polar surface area (TPSA) is 56.7 Å². The summed E-state index contributed by atoms with van der Waals surface area (Å²) in [7, 11) is 0. The van der Waals surface area contributed by atoms with Gasteiger partial charge in [-0.15, -0.1) is 0 Å². The minimum atomic E-state index is 0.521. The van der Waals surface area contributed by atoms with E-state index in [-0.39, 0.29) is 0 Å². The van der Waals surface area contributed by atoms with E-state index in [9.17, 15) is 0 Å². The number of pyridine rings is 1. The van der Waals surface area contributed by atoms with Gasteiger partial charge in [0.15, 0.2) is 5.65 Å². The van der Waals surface area contributed by atoms with E-state index in [0.717, 1.165) is 29.7 Å². The third-order valence-electron chi connectivity index (χ3n) is 4.23. The predicted octanol–water partition coefficient (Wildman–Crippen LogP) is 2.66. The smallest absolute Gasteiger partial charge is 0.202 e. The van der Waals surface area contributed by atoms with Gasteiger partial charge >= 0.3 is 0 Å². The SMILES string of the molecule is Cc1ccnc2c1nc(N)n2CC1Cc2ccccc21. The summed E-state index contributed by atoms with van der Waals surface area (Å²) in [5.41, 5.74) is 11.9. The van der Waals surface area contributed by atoms with Gasteiger partial charge in [0, 0.05) is 18.7 Å². The zero-order valence-electron chi connectivity index (χ0n) is 11.4. The molecule has 100 valence electrons. The van der Waals surface area contributed by atoms with Crippen LogP contribution >= 0.6 is 0 Å². The lowest BCUT2D eigenvalue weighted by Crippen LogP contribution is -2.22. The molecule has 4 nitrogen and oxygen atoms in total. The lowest BCUT2D eigenvalue weighted by molar-refractivity contribution is 0.519. The first kappa shape index (κ1) is 11.5. The predicted molar refractivity (Wildman–Crippen MR) is 79.6 cm³/mol. The first-order valence-electron chi connectivity index (χ1n) is 6.89. The first-order valence-corrected chi connectivity index (χ1v) is 6.89. The molecule has 0 bridgehead atoms. The van der Waals surface area contributed by atoms with Gasteiger partial charge < -0.3 is 5.73 Å². The highest BCUT2D eigenvalue weighted by atomic mass is 15.2. The van der Waals surface area contributed by atoms with Crippen molar-refractivity contribution in [1.29, 1.82) is 0 Å². The molecule has 1 unspecified atom stereocenters. The third kappa shape index (κ3) is 1.54. The average Bonchev–Trinajstić information content (AvgIpc) is 2.74. The molecule has 0 aliphatic heterocycles. The van der Waals surface area contributed by atoms with Crippen molar-refractivity contribution in [2.45, 2.75) is 25.8 Å². The standard InChI is InChI=1S/C16H16N4/c1-10-6-7-18-15-14(10)19-16(17)20(15)9-12-8-11-4-2-3-5-13(11)12/h2-7,12H,8-9H2,1H3,(H2,17,19). The van der Waals surface area contributed by atoms with Crippen molar-refractivity contribution >= 4 is 17.1 Å². The highest BCUT2D eigenvalue weighted by Crippen LogP contribution is 2.37. The second-order valence-corrected chi connectivity index (χ2v) is 5.48. The molecule has 4 heteroatoms. The molecule has 2 heterocycles. The largest absolute Gasteiger partial charge is 0.369 e. The molecule has 1 aromatic carbocycles. The van der Waals surface area contributed by atoms with Gasteiger partial charge in [-0.2, -0.15) is 0 Å². The van der Waals surface area contributed by atoms with Gasteiger partial charge in [0.05, 0.1) is 0 Å². The minimum absolute atomic E-state index is 0.521. The zero-order valence-corrected chi connectivity index (χ0v) is 11.4. The quantitative estimate of drug-likeness (QED) is 0.774. The van der Waals surface area contributed by atoms with Crippen LogP contribution in [0, 0.1) is 6.92 Å². The number of nitrogen functional groups attached to an aromatic ring is 1. The summed E-state index contributed by atoms with van der Waals surface area (Å²) in [6.07, 6.45) is 2.94. The maximum absolute atomic E-state index is 6.08. The molecule has 0 amide bonds. The molecular weight excluding hydrogens is 248 g/mol. The second-order valence-electron chi connectivity index (χ2n) is 5.48. The molecule has 4 rings (SSSR count). The monoisotopic (exact) mass is 264 g/mol. The van der Waals surface area contributed by atoms with E-state index in [1.807, 2.05) is 23.8 Å². The van der Waals surface area contributed by atoms with Gasteiger partial charge in [-0.25, -0.2) is 9.97 Å². The minimum Gasteiger partial charge on any atom is -0.369 e. The Hall–Kier alpha value is -2.36. The molecule has 1 atom stereocenters. The molecule has 20 heavy (non-hydrogen) atoms. The number of aromatic nitrogens is 3. The number of fused-ring (bicyclic) bond motifs is 2. The zero-order chi connectivity index (χ0) is 13.7. The molecule has 2 aromatic heterocycles. The summed E-state index contributed by atoms with van der Waals surface area (Å²) in [6, 6.07) is 10.6. The number of aryl methyl sites for hydroxylation is 1. The molecule has 0 saturated heterocycles. The van der Waals surface area contributed by atoms with E-state index < -0.39 is 0 Å². The summed E-state index contributed by atoms with van der Waals surface area (Å²) >= 11 is 0. The fourth-order valence-corrected chi connectivity index (χ4v) is 3.08. The van der Waals surface area contributed by atoms with Crippen LogP contribution in [0.25, 0.3) is 11.2 Å². The molecule has 1 aliphatic carbocycles. The Morgan fingerprint density at radius 1 is 1.30 bits per heavy atom. The number of benzene rings is 1. The maximum Gasteiger partial charge on any atom is 0.202 e. The van der Waals surface area contributed by atoms with E-state index in [2.05, 4.69) is 34.2 Å². The van der Waals surface area contributed by atoms with Crippen molar-refractivity contribution in [1.82, 2.24) is 14.5 Å². The van der Waals surface area contributed by atoms with E-state index in [1.165, 1.54) is 11.1 Å². The first-order chi connectivity index (χ1) is 9.74. The van der Waals surface area contributed by atoms with Crippen molar-refractivity contribution in [3.63, 3.8) is 0 Å². The number of hydrogen-bond donors (Lipinski definition) is 1. The maximum atomic E-state index is 6.08. The number of hydrogen-bond acceptors (Lipinski definition) is 3. The van der Waals surface area contributed by atoms with Crippen LogP contribution in [0.5, 0.6) is 0 Å². The number of anilines is 1. The Labute approximate surface area is 117 Å². The normalized spacial score (nSPS) is 16.9. The molecule has 3 aromatic rings. The van der Waals surface area contributed by atoms with Gasteiger partial charge in [-0.05, 0) is 36.1 Å². The molecule has 0 radical (unpaired) electrons. The third-order valence-corrected chi connectivity index (χ3v) is 4.23. The number of imidazole rings is 1. The molecular formula is C16H16N4. The average molecular weight is 264 g/mol. The van der Waals surface area contributed by atoms with Gasteiger partial charge in [-0.1, -0.05) is 24.3 Å². The van der Waals surface area contributed by atoms with Gasteiger partial charge in [0.2, 0.25) is 5.95 Å². The van der Waals surface area contributed by atoms with Gasteiger partial charge in [-0.3, -0.25) is 4.57 Å². The van der Waals surface area contributed by atoms with Crippen LogP contribution < -0.4 is 5.73 Å². The van der Waals surface area contributed by atoms with Gasteiger partial charge in [0.1, 0.15) is 5.52 Å². The number of nitrogens with two attached hydrogens (primary N) is 1. The van der Waals surface area contributed by atoms with Crippen molar-refractivity contribution in [3.8, 4) is 0 Å². The Kier molecular flexibility index (Phi) is 2.33. The highest BCUT2D eigenvalue weighted by Gasteiger charge is 2.27. The summed E-state index contributed by atoms with van der Waals surface area (Å²) in [5.74, 6) is 1.08. The van der Waals surface area contributed by atoms with Crippen molar-refractivity contribution < 1.29 is 0 Å². The summed E-state index contributed by atoms with van der Waals surface area (Å²) in [5, 5.41) is 0. The van der Waals surface area contributed by atoms with Crippen LogP contribution in [0.3, 0.4) is 0 Å². The fraction of sp³-hybridized carbons (Fsp3) is 0.250. The Balaban J connectivity index is 1.74. The summed E-state index contributed by atoms with van der Waals surface area (Å²) < 4.78 is 2.04. The molecule has 1 aliphatic rings. The van der Waals surface area contributed by atoms with Crippen molar-refractivity contribution in [2.75, 3.05) is 5.73 Å². The van der Waals surface area contributed by atoms with Crippen LogP contribution in [0.1, 0.15) is 22.6 Å². The molecule has 2 N–H and O–H groups in total. The summed E-state index contributed by atoms with van der Waals surface area (Å²) in [6.45, 7) is 2.90. The van der Waals surface area contributed by atoms with Gasteiger partial charge in [0.25, 0.3) is 0 Å². The van der Waals surface area contributed by atoms with Crippen LogP contribution in [-0.4, -0.2) is 14.5 Å². The Bertz CT molecular complexity index is 803. The van der Waals surface area contributed by atoms with Crippen LogP contribution in [0.4, 0.5) is 5.95 Å². The van der Waals surface area contributed by atoms with E-state index >= 15 is 0 Å². The van der Waals surface area contributed by atoms with Crippen LogP contribution in [-0.2, 0) is 13.0 Å². The molecule has 0 spiro atoms. The van der Waals surface area contributed by atoms with Crippen LogP contribution in [0.15, 0.2) is 36.5 Å². The Morgan fingerprint density at radius 3 is 3.00 bits per heavy atom. The summed E-state index contributed by atoms with van der Waals surface area (Å²) in [4.78, 5) is 8.91. The van der Waals surface area contributed by atoms with E-state index in [4.69, 9.17) is 5.73 Å². The van der Waals surface area contributed by atoms with Crippen molar-refractivity contribution in [2.24, 2.45) is 0 Å². The van der Waals surface area contributed by atoms with Crippen molar-refractivity contribution in [3.05, 3.63) is 53.2 Å². The number of rotatable bonds is 2. The lowest BCUT2D eigenvalue weighted by atomic mass is 9.77. The van der Waals surface area contributed by atoms with Crippen LogP contribution in [0.2, 0.25) is 0 Å².